The lowest BCUT2D eigenvalue weighted by Crippen LogP contribution is -2.11. The molecule has 0 saturated heterocycles. The number of hydrogen-bond acceptors (Lipinski definition) is 3. The van der Waals surface area contributed by atoms with E-state index in [2.05, 4.69) is 10.6 Å². The minimum absolute atomic E-state index is 0.0861. The van der Waals surface area contributed by atoms with Crippen molar-refractivity contribution in [1.29, 1.82) is 5.26 Å². The number of fused-ring (bicyclic) bond motifs is 1. The maximum Gasteiger partial charge on any atom is 0.238 e. The Morgan fingerprint density at radius 1 is 1.56 bits per heavy atom. The molecular weight excluding hydrogens is 206 g/mol. The Morgan fingerprint density at radius 3 is 3.12 bits per heavy atom. The first-order valence-electron chi connectivity index (χ1n) is 4.79. The molecule has 1 heterocycles. The van der Waals surface area contributed by atoms with Crippen molar-refractivity contribution in [3.8, 4) is 6.07 Å². The quantitative estimate of drug-likeness (QED) is 0.773. The minimum atomic E-state index is -0.366. The van der Waals surface area contributed by atoms with Crippen LogP contribution in [0.15, 0.2) is 18.2 Å². The Bertz CT molecular complexity index is 502. The first-order valence-corrected chi connectivity index (χ1v) is 4.79. The SMILES string of the molecule is N#CCC(=O)Nc1cccc2c1CC(=O)N2. The highest BCUT2D eigenvalue weighted by Crippen LogP contribution is 2.29. The van der Waals surface area contributed by atoms with Gasteiger partial charge in [-0.15, -0.1) is 0 Å². The van der Waals surface area contributed by atoms with Gasteiger partial charge in [-0.05, 0) is 12.1 Å². The minimum Gasteiger partial charge on any atom is -0.325 e. The molecule has 16 heavy (non-hydrogen) atoms. The van der Waals surface area contributed by atoms with E-state index in [1.807, 2.05) is 0 Å². The van der Waals surface area contributed by atoms with Gasteiger partial charge in [-0.2, -0.15) is 5.26 Å². The van der Waals surface area contributed by atoms with Gasteiger partial charge in [0.05, 0.1) is 12.5 Å². The number of carbonyl (C=O) groups is 2. The van der Waals surface area contributed by atoms with E-state index in [9.17, 15) is 9.59 Å². The van der Waals surface area contributed by atoms with Crippen LogP contribution in [0, 0.1) is 11.3 Å². The lowest BCUT2D eigenvalue weighted by atomic mass is 10.1. The van der Waals surface area contributed by atoms with E-state index in [4.69, 9.17) is 5.26 Å². The zero-order chi connectivity index (χ0) is 11.5. The third-order valence-electron chi connectivity index (χ3n) is 2.30. The molecule has 1 aromatic carbocycles. The van der Waals surface area contributed by atoms with Crippen LogP contribution >= 0.6 is 0 Å². The first kappa shape index (κ1) is 10.2. The van der Waals surface area contributed by atoms with Crippen molar-refractivity contribution in [2.45, 2.75) is 12.8 Å². The molecule has 5 heteroatoms. The topological polar surface area (TPSA) is 82.0 Å². The average molecular weight is 215 g/mol. The predicted molar refractivity (Wildman–Crippen MR) is 57.6 cm³/mol. The van der Waals surface area contributed by atoms with E-state index >= 15 is 0 Å². The first-order chi connectivity index (χ1) is 7.70. The Labute approximate surface area is 92.1 Å². The molecule has 0 aromatic heterocycles. The summed E-state index contributed by atoms with van der Waals surface area (Å²) < 4.78 is 0. The molecule has 5 nitrogen and oxygen atoms in total. The van der Waals surface area contributed by atoms with Crippen molar-refractivity contribution in [3.63, 3.8) is 0 Å². The number of rotatable bonds is 2. The molecule has 0 bridgehead atoms. The van der Waals surface area contributed by atoms with Crippen LogP contribution in [0.3, 0.4) is 0 Å². The molecule has 0 radical (unpaired) electrons. The van der Waals surface area contributed by atoms with Gasteiger partial charge >= 0.3 is 0 Å². The summed E-state index contributed by atoms with van der Waals surface area (Å²) in [6.07, 6.45) is 0.0728. The second kappa shape index (κ2) is 4.03. The lowest BCUT2D eigenvalue weighted by molar-refractivity contribution is -0.116. The fourth-order valence-electron chi connectivity index (χ4n) is 1.63. The summed E-state index contributed by atoms with van der Waals surface area (Å²) in [5, 5.41) is 13.7. The second-order valence-corrected chi connectivity index (χ2v) is 3.44. The number of carbonyl (C=O) groups excluding carboxylic acids is 2. The second-order valence-electron chi connectivity index (χ2n) is 3.44. The molecule has 0 spiro atoms. The number of benzene rings is 1. The van der Waals surface area contributed by atoms with Gasteiger partial charge in [-0.1, -0.05) is 6.07 Å². The Hall–Kier alpha value is -2.35. The normalized spacial score (nSPS) is 12.6. The van der Waals surface area contributed by atoms with Crippen LogP contribution in [-0.4, -0.2) is 11.8 Å². The Morgan fingerprint density at radius 2 is 2.38 bits per heavy atom. The number of anilines is 2. The van der Waals surface area contributed by atoms with Crippen molar-refractivity contribution in [3.05, 3.63) is 23.8 Å². The number of amides is 2. The zero-order valence-corrected chi connectivity index (χ0v) is 8.41. The van der Waals surface area contributed by atoms with Gasteiger partial charge in [0, 0.05) is 16.9 Å². The van der Waals surface area contributed by atoms with E-state index in [-0.39, 0.29) is 24.7 Å². The molecule has 1 aliphatic rings. The average Bonchev–Trinajstić information content (AvgIpc) is 2.60. The number of nitriles is 1. The molecular formula is C11H9N3O2. The monoisotopic (exact) mass is 215 g/mol. The summed E-state index contributed by atoms with van der Waals surface area (Å²) in [6, 6.07) is 7.01. The molecule has 0 atom stereocenters. The van der Waals surface area contributed by atoms with Gasteiger partial charge in [-0.25, -0.2) is 0 Å². The number of nitrogens with zero attached hydrogens (tertiary/aromatic N) is 1. The highest BCUT2D eigenvalue weighted by atomic mass is 16.2. The maximum atomic E-state index is 11.3. The summed E-state index contributed by atoms with van der Waals surface area (Å²) in [5.41, 5.74) is 2.09. The zero-order valence-electron chi connectivity index (χ0n) is 8.41. The van der Waals surface area contributed by atoms with Crippen LogP contribution in [0.25, 0.3) is 0 Å². The molecule has 80 valence electrons. The number of hydrogen-bond donors (Lipinski definition) is 2. The summed E-state index contributed by atoms with van der Waals surface area (Å²) >= 11 is 0. The standard InChI is InChI=1S/C11H9N3O2/c12-5-4-10(15)13-8-2-1-3-9-7(8)6-11(16)14-9/h1-3H,4,6H2,(H,13,15)(H,14,16). The fraction of sp³-hybridized carbons (Fsp3) is 0.182. The van der Waals surface area contributed by atoms with Crippen molar-refractivity contribution >= 4 is 23.2 Å². The molecule has 1 aliphatic heterocycles. The van der Waals surface area contributed by atoms with Crippen LogP contribution in [0.2, 0.25) is 0 Å². The summed E-state index contributed by atoms with van der Waals surface area (Å²) in [6.45, 7) is 0. The summed E-state index contributed by atoms with van der Waals surface area (Å²) in [5.74, 6) is -0.452. The highest BCUT2D eigenvalue weighted by Gasteiger charge is 2.20. The maximum absolute atomic E-state index is 11.3. The van der Waals surface area contributed by atoms with E-state index < -0.39 is 0 Å². The molecule has 2 amide bonds. The third kappa shape index (κ3) is 1.86. The Balaban J connectivity index is 2.24. The smallest absolute Gasteiger partial charge is 0.238 e. The van der Waals surface area contributed by atoms with Crippen LogP contribution in [-0.2, 0) is 16.0 Å². The van der Waals surface area contributed by atoms with E-state index in [0.717, 1.165) is 11.3 Å². The molecule has 0 unspecified atom stereocenters. The van der Waals surface area contributed by atoms with Gasteiger partial charge in [0.25, 0.3) is 0 Å². The molecule has 2 N–H and O–H groups in total. The molecule has 2 rings (SSSR count). The number of nitrogens with one attached hydrogen (secondary N) is 2. The highest BCUT2D eigenvalue weighted by molar-refractivity contribution is 6.03. The molecule has 0 aliphatic carbocycles. The predicted octanol–water partition coefficient (Wildman–Crippen LogP) is 1.03. The molecule has 0 saturated carbocycles. The van der Waals surface area contributed by atoms with Crippen molar-refractivity contribution in [2.75, 3.05) is 10.6 Å². The van der Waals surface area contributed by atoms with Gasteiger partial charge < -0.3 is 10.6 Å². The van der Waals surface area contributed by atoms with Gasteiger partial charge in [0.15, 0.2) is 0 Å². The lowest BCUT2D eigenvalue weighted by Gasteiger charge is -2.07. The van der Waals surface area contributed by atoms with E-state index in [1.54, 1.807) is 24.3 Å². The molecule has 0 fully saturated rings. The van der Waals surface area contributed by atoms with Crippen molar-refractivity contribution < 1.29 is 9.59 Å². The summed E-state index contributed by atoms with van der Waals surface area (Å²) in [7, 11) is 0. The largest absolute Gasteiger partial charge is 0.325 e. The van der Waals surface area contributed by atoms with E-state index in [0.29, 0.717) is 5.69 Å². The van der Waals surface area contributed by atoms with Crippen LogP contribution in [0.5, 0.6) is 0 Å². The fourth-order valence-corrected chi connectivity index (χ4v) is 1.63. The Kier molecular flexibility index (Phi) is 2.56. The van der Waals surface area contributed by atoms with Gasteiger partial charge in [-0.3, -0.25) is 9.59 Å². The van der Waals surface area contributed by atoms with Crippen LogP contribution < -0.4 is 10.6 Å². The van der Waals surface area contributed by atoms with E-state index in [1.165, 1.54) is 0 Å². The third-order valence-corrected chi connectivity index (χ3v) is 2.30. The van der Waals surface area contributed by atoms with Crippen LogP contribution in [0.1, 0.15) is 12.0 Å². The molecule has 1 aromatic rings. The van der Waals surface area contributed by atoms with Gasteiger partial charge in [0.2, 0.25) is 11.8 Å². The van der Waals surface area contributed by atoms with Crippen molar-refractivity contribution in [1.82, 2.24) is 0 Å². The summed E-state index contributed by atoms with van der Waals surface area (Å²) in [4.78, 5) is 22.4. The van der Waals surface area contributed by atoms with Crippen LogP contribution in [0.4, 0.5) is 11.4 Å². The van der Waals surface area contributed by atoms with Crippen molar-refractivity contribution in [2.24, 2.45) is 0 Å². The van der Waals surface area contributed by atoms with Gasteiger partial charge in [0.1, 0.15) is 6.42 Å².